The minimum Gasteiger partial charge on any atom is -0.349 e. The number of benzene rings is 1. The summed E-state index contributed by atoms with van der Waals surface area (Å²) in [5, 5.41) is 5.91. The number of carbonyl (C=O) groups excluding carboxylic acids is 1. The largest absolute Gasteiger partial charge is 0.349 e. The van der Waals surface area contributed by atoms with Crippen LogP contribution in [0.1, 0.15) is 23.2 Å². The maximum absolute atomic E-state index is 13.0. The first-order chi connectivity index (χ1) is 12.9. The molecule has 0 radical (unpaired) electrons. The Hall–Kier alpha value is -2.25. The lowest BCUT2D eigenvalue weighted by atomic mass is 9.67. The van der Waals surface area contributed by atoms with Crippen molar-refractivity contribution >= 4 is 38.0 Å². The Morgan fingerprint density at radius 1 is 1.15 bits per heavy atom. The van der Waals surface area contributed by atoms with Crippen molar-refractivity contribution < 1.29 is 13.2 Å². The van der Waals surface area contributed by atoms with Crippen LogP contribution >= 0.6 is 11.3 Å². The number of amides is 1. The van der Waals surface area contributed by atoms with Crippen LogP contribution < -0.4 is 5.32 Å². The van der Waals surface area contributed by atoms with Crippen LogP contribution in [-0.4, -0.2) is 36.9 Å². The van der Waals surface area contributed by atoms with Gasteiger partial charge in [-0.3, -0.25) is 4.79 Å². The topological polar surface area (TPSA) is 76.1 Å². The minimum absolute atomic E-state index is 0.0464. The number of nitrogens with zero attached hydrogens (tertiary/aromatic N) is 1. The smallest absolute Gasteiger partial charge is 0.252 e. The fourth-order valence-electron chi connectivity index (χ4n) is 4.39. The van der Waals surface area contributed by atoms with Crippen molar-refractivity contribution in [1.82, 2.24) is 10.3 Å². The summed E-state index contributed by atoms with van der Waals surface area (Å²) in [6.07, 6.45) is 1.50. The highest BCUT2D eigenvalue weighted by Crippen LogP contribution is 2.50. The third kappa shape index (κ3) is 2.95. The number of pyridine rings is 1. The molecule has 1 N–H and O–H groups in total. The maximum Gasteiger partial charge on any atom is 0.252 e. The second kappa shape index (κ2) is 5.87. The van der Waals surface area contributed by atoms with Gasteiger partial charge in [-0.25, -0.2) is 13.4 Å². The molecule has 0 atom stereocenters. The standard InChI is InChI=1S/C20H18N2O3S2/c23-19(21-13-9-20(10-13)11-27(24,25)12-20)15-8-17(18-6-3-7-26-18)22-16-5-2-1-4-14(15)16/h1-8,13H,9-12H2,(H,21,23). The van der Waals surface area contributed by atoms with Gasteiger partial charge in [0.2, 0.25) is 0 Å². The number of aromatic nitrogens is 1. The average Bonchev–Trinajstić information content (AvgIpc) is 3.12. The Bertz CT molecular complexity index is 1130. The molecule has 3 aromatic rings. The number of hydrogen-bond acceptors (Lipinski definition) is 5. The molecule has 5 nitrogen and oxygen atoms in total. The van der Waals surface area contributed by atoms with Crippen LogP contribution in [0.15, 0.2) is 47.8 Å². The Balaban J connectivity index is 1.41. The van der Waals surface area contributed by atoms with Crippen molar-refractivity contribution in [2.24, 2.45) is 5.41 Å². The molecule has 7 heteroatoms. The van der Waals surface area contributed by atoms with E-state index in [0.29, 0.717) is 5.56 Å². The summed E-state index contributed by atoms with van der Waals surface area (Å²) in [6, 6.07) is 13.5. The normalized spacial score (nSPS) is 20.1. The fourth-order valence-corrected chi connectivity index (χ4v) is 7.33. The van der Waals surface area contributed by atoms with Gasteiger partial charge in [0.05, 0.1) is 33.2 Å². The number of hydrogen-bond donors (Lipinski definition) is 1. The Labute approximate surface area is 161 Å². The third-order valence-corrected chi connectivity index (χ3v) is 8.48. The Kier molecular flexibility index (Phi) is 3.67. The number of carbonyl (C=O) groups is 1. The molecule has 27 heavy (non-hydrogen) atoms. The van der Waals surface area contributed by atoms with Crippen LogP contribution in [0, 0.1) is 5.41 Å². The average molecular weight is 399 g/mol. The minimum atomic E-state index is -2.83. The van der Waals surface area contributed by atoms with Crippen LogP contribution in [0.2, 0.25) is 0 Å². The molecule has 1 aromatic carbocycles. The summed E-state index contributed by atoms with van der Waals surface area (Å²) in [5.41, 5.74) is 2.12. The van der Waals surface area contributed by atoms with E-state index in [1.54, 1.807) is 11.3 Å². The number of rotatable bonds is 3. The molecular formula is C20H18N2O3S2. The molecule has 1 spiro atoms. The summed E-state index contributed by atoms with van der Waals surface area (Å²) in [5.74, 6) is 0.425. The lowest BCUT2D eigenvalue weighted by molar-refractivity contribution is 0.0783. The molecular weight excluding hydrogens is 380 g/mol. The summed E-state index contributed by atoms with van der Waals surface area (Å²) in [7, 11) is -2.83. The van der Waals surface area contributed by atoms with Crippen molar-refractivity contribution in [3.63, 3.8) is 0 Å². The first-order valence-corrected chi connectivity index (χ1v) is 11.6. The Morgan fingerprint density at radius 3 is 2.63 bits per heavy atom. The van der Waals surface area contributed by atoms with E-state index in [0.717, 1.165) is 34.3 Å². The fraction of sp³-hybridized carbons (Fsp3) is 0.300. The van der Waals surface area contributed by atoms with Gasteiger partial charge in [-0.05, 0) is 36.4 Å². The van der Waals surface area contributed by atoms with E-state index in [1.807, 2.05) is 47.8 Å². The molecule has 0 unspecified atom stereocenters. The van der Waals surface area contributed by atoms with Gasteiger partial charge in [-0.15, -0.1) is 11.3 Å². The van der Waals surface area contributed by atoms with Crippen molar-refractivity contribution in [2.75, 3.05) is 11.5 Å². The quantitative estimate of drug-likeness (QED) is 0.735. The zero-order chi connectivity index (χ0) is 18.6. The zero-order valence-corrected chi connectivity index (χ0v) is 16.1. The monoisotopic (exact) mass is 398 g/mol. The van der Waals surface area contributed by atoms with Crippen molar-refractivity contribution in [3.05, 3.63) is 53.4 Å². The van der Waals surface area contributed by atoms with Gasteiger partial charge in [0.1, 0.15) is 0 Å². The lowest BCUT2D eigenvalue weighted by Crippen LogP contribution is -2.62. The number of para-hydroxylation sites is 1. The molecule has 1 saturated heterocycles. The first kappa shape index (κ1) is 16.9. The second-order valence-electron chi connectivity index (χ2n) is 7.66. The molecule has 2 fully saturated rings. The second-order valence-corrected chi connectivity index (χ2v) is 10.7. The molecule has 1 aliphatic heterocycles. The molecule has 2 aliphatic rings. The van der Waals surface area contributed by atoms with E-state index in [1.165, 1.54) is 0 Å². The highest BCUT2D eigenvalue weighted by molar-refractivity contribution is 7.92. The van der Waals surface area contributed by atoms with Gasteiger partial charge >= 0.3 is 0 Å². The third-order valence-electron chi connectivity index (χ3n) is 5.48. The summed E-state index contributed by atoms with van der Waals surface area (Å²) < 4.78 is 22.9. The predicted molar refractivity (Wildman–Crippen MR) is 107 cm³/mol. The van der Waals surface area contributed by atoms with Gasteiger partial charge < -0.3 is 5.32 Å². The van der Waals surface area contributed by atoms with E-state index in [4.69, 9.17) is 4.98 Å². The molecule has 1 saturated carbocycles. The lowest BCUT2D eigenvalue weighted by Gasteiger charge is -2.53. The zero-order valence-electron chi connectivity index (χ0n) is 14.5. The SMILES string of the molecule is O=C(NC1CC2(C1)CS(=O)(=O)C2)c1cc(-c2cccs2)nc2ccccc12. The van der Waals surface area contributed by atoms with Gasteiger partial charge in [-0.1, -0.05) is 24.3 Å². The van der Waals surface area contributed by atoms with Crippen molar-refractivity contribution in [3.8, 4) is 10.6 Å². The van der Waals surface area contributed by atoms with E-state index in [-0.39, 0.29) is 28.9 Å². The van der Waals surface area contributed by atoms with Crippen molar-refractivity contribution in [2.45, 2.75) is 18.9 Å². The molecule has 1 aliphatic carbocycles. The van der Waals surface area contributed by atoms with Crippen molar-refractivity contribution in [1.29, 1.82) is 0 Å². The number of sulfone groups is 1. The predicted octanol–water partition coefficient (Wildman–Crippen LogP) is 3.27. The number of fused-ring (bicyclic) bond motifs is 1. The van der Waals surface area contributed by atoms with Gasteiger partial charge in [-0.2, -0.15) is 0 Å². The maximum atomic E-state index is 13.0. The highest BCUT2D eigenvalue weighted by atomic mass is 32.2. The number of thiophene rings is 1. The van der Waals surface area contributed by atoms with Crippen LogP contribution in [0.5, 0.6) is 0 Å². The van der Waals surface area contributed by atoms with Gasteiger partial charge in [0.25, 0.3) is 5.91 Å². The summed E-state index contributed by atoms with van der Waals surface area (Å²) >= 11 is 1.59. The van der Waals surface area contributed by atoms with E-state index in [9.17, 15) is 13.2 Å². The van der Waals surface area contributed by atoms with Crippen LogP contribution in [-0.2, 0) is 9.84 Å². The summed E-state index contributed by atoms with van der Waals surface area (Å²) in [4.78, 5) is 18.7. The van der Waals surface area contributed by atoms with Crippen LogP contribution in [0.25, 0.3) is 21.5 Å². The molecule has 0 bridgehead atoms. The summed E-state index contributed by atoms with van der Waals surface area (Å²) in [6.45, 7) is 0. The van der Waals surface area contributed by atoms with E-state index < -0.39 is 9.84 Å². The van der Waals surface area contributed by atoms with Crippen LogP contribution in [0.3, 0.4) is 0 Å². The number of nitrogens with one attached hydrogen (secondary N) is 1. The van der Waals surface area contributed by atoms with E-state index >= 15 is 0 Å². The van der Waals surface area contributed by atoms with E-state index in [2.05, 4.69) is 5.32 Å². The molecule has 1 amide bonds. The first-order valence-electron chi connectivity index (χ1n) is 8.88. The molecule has 138 valence electrons. The Morgan fingerprint density at radius 2 is 1.93 bits per heavy atom. The molecule has 5 rings (SSSR count). The van der Waals surface area contributed by atoms with Gasteiger partial charge in [0, 0.05) is 16.8 Å². The van der Waals surface area contributed by atoms with Crippen LogP contribution in [0.4, 0.5) is 0 Å². The molecule has 3 heterocycles. The highest BCUT2D eigenvalue weighted by Gasteiger charge is 2.56. The van der Waals surface area contributed by atoms with Gasteiger partial charge in [0.15, 0.2) is 9.84 Å². The molecule has 2 aromatic heterocycles.